The largest absolute Gasteiger partial charge is 0.484 e. The maximum atomic E-state index is 12.4. The van der Waals surface area contributed by atoms with Crippen LogP contribution in [0.4, 0.5) is 0 Å². The summed E-state index contributed by atoms with van der Waals surface area (Å²) in [4.78, 5) is 26.6. The van der Waals surface area contributed by atoms with Crippen LogP contribution in [0.25, 0.3) is 0 Å². The van der Waals surface area contributed by atoms with Gasteiger partial charge in [0.05, 0.1) is 0 Å². The number of piperidine rings is 1. The first-order valence-electron chi connectivity index (χ1n) is 9.44. The average Bonchev–Trinajstić information content (AvgIpc) is 2.99. The molecule has 144 valence electrons. The molecule has 0 saturated carbocycles. The summed E-state index contributed by atoms with van der Waals surface area (Å²) in [5, 5.41) is 0. The van der Waals surface area contributed by atoms with Gasteiger partial charge < -0.3 is 9.64 Å². The van der Waals surface area contributed by atoms with Crippen LogP contribution in [0.1, 0.15) is 47.9 Å². The van der Waals surface area contributed by atoms with Crippen LogP contribution in [0, 0.1) is 13.8 Å². The second-order valence-electron chi connectivity index (χ2n) is 7.14. The first kappa shape index (κ1) is 19.0. The molecular weight excluding hydrogens is 342 g/mol. The number of nitrogens with one attached hydrogen (secondary N) is 1. The molecule has 1 aliphatic rings. The lowest BCUT2D eigenvalue weighted by Gasteiger charge is -2.33. The molecule has 6 nitrogen and oxygen atoms in total. The van der Waals surface area contributed by atoms with Crippen molar-refractivity contribution in [3.05, 3.63) is 53.3 Å². The Balaban J connectivity index is 1.55. The molecule has 1 atom stereocenters. The van der Waals surface area contributed by atoms with Gasteiger partial charge in [-0.1, -0.05) is 0 Å². The lowest BCUT2D eigenvalue weighted by Crippen LogP contribution is -2.44. The van der Waals surface area contributed by atoms with Gasteiger partial charge in [0.15, 0.2) is 6.61 Å². The summed E-state index contributed by atoms with van der Waals surface area (Å²) in [6.07, 6.45) is 3.29. The number of benzene rings is 1. The zero-order valence-electron chi connectivity index (χ0n) is 16.2. The van der Waals surface area contributed by atoms with E-state index in [9.17, 15) is 9.59 Å². The van der Waals surface area contributed by atoms with Crippen molar-refractivity contribution in [1.82, 2.24) is 9.58 Å². The number of nitrogens with zero attached hydrogens (tertiary/aromatic N) is 2. The van der Waals surface area contributed by atoms with Crippen molar-refractivity contribution >= 4 is 11.8 Å². The smallest absolute Gasteiger partial charge is 0.270 e. The molecule has 27 heavy (non-hydrogen) atoms. The molecule has 3 rings (SSSR count). The van der Waals surface area contributed by atoms with Crippen LogP contribution in [-0.2, 0) is 4.79 Å². The normalized spacial score (nSPS) is 16.9. The molecule has 0 radical (unpaired) electrons. The van der Waals surface area contributed by atoms with Crippen LogP contribution in [0.3, 0.4) is 0 Å². The fraction of sp³-hybridized carbons (Fsp3) is 0.429. The summed E-state index contributed by atoms with van der Waals surface area (Å²) in [6.45, 7) is 6.78. The zero-order valence-corrected chi connectivity index (χ0v) is 16.2. The summed E-state index contributed by atoms with van der Waals surface area (Å²) in [5.74, 6) is 0.405. The lowest BCUT2D eigenvalue weighted by atomic mass is 10.0. The van der Waals surface area contributed by atoms with Gasteiger partial charge in [-0.15, -0.1) is 0 Å². The molecule has 2 amide bonds. The Morgan fingerprint density at radius 2 is 1.74 bits per heavy atom. The summed E-state index contributed by atoms with van der Waals surface area (Å²) >= 11 is 0. The molecule has 1 N–H and O–H groups in total. The van der Waals surface area contributed by atoms with Gasteiger partial charge in [-0.25, -0.2) is 0 Å². The fourth-order valence-electron chi connectivity index (χ4n) is 3.41. The predicted molar refractivity (Wildman–Crippen MR) is 105 cm³/mol. The number of likely N-dealkylation sites (tertiary alicyclic amines) is 1. The summed E-state index contributed by atoms with van der Waals surface area (Å²) in [7, 11) is 0. The van der Waals surface area contributed by atoms with Gasteiger partial charge in [0.1, 0.15) is 5.75 Å². The van der Waals surface area contributed by atoms with Crippen LogP contribution in [0.2, 0.25) is 0 Å². The highest BCUT2D eigenvalue weighted by Gasteiger charge is 2.23. The van der Waals surface area contributed by atoms with Crippen molar-refractivity contribution < 1.29 is 14.3 Å². The van der Waals surface area contributed by atoms with E-state index in [0.29, 0.717) is 11.3 Å². The van der Waals surface area contributed by atoms with E-state index < -0.39 is 0 Å². The Bertz CT molecular complexity index is 791. The number of rotatable bonds is 5. The maximum Gasteiger partial charge on any atom is 0.270 e. The molecule has 0 spiro atoms. The molecule has 0 aliphatic carbocycles. The van der Waals surface area contributed by atoms with Gasteiger partial charge in [0, 0.05) is 29.5 Å². The lowest BCUT2D eigenvalue weighted by molar-refractivity contribution is -0.136. The molecule has 1 aromatic heterocycles. The number of carbonyl (C=O) groups excluding carboxylic acids is 2. The van der Waals surface area contributed by atoms with E-state index >= 15 is 0 Å². The average molecular weight is 369 g/mol. The van der Waals surface area contributed by atoms with Crippen LogP contribution in [-0.4, -0.2) is 40.6 Å². The standard InChI is InChI=1S/C21H27N3O3/c1-15-6-4-5-13-23(15)20(25)14-27-19-11-9-18(10-12-19)21(26)22-24-16(2)7-8-17(24)3/h7-12,15H,4-6,13-14H2,1-3H3,(H,22,26)/t15-/m1/s1. The number of aryl methyl sites for hydroxylation is 2. The first-order valence-corrected chi connectivity index (χ1v) is 9.44. The van der Waals surface area contributed by atoms with Crippen molar-refractivity contribution in [1.29, 1.82) is 0 Å². The number of hydrogen-bond donors (Lipinski definition) is 1. The van der Waals surface area contributed by atoms with Gasteiger partial charge in [-0.3, -0.25) is 19.7 Å². The Morgan fingerprint density at radius 3 is 2.37 bits per heavy atom. The highest BCUT2D eigenvalue weighted by molar-refractivity contribution is 6.00. The Kier molecular flexibility index (Phi) is 5.84. The molecule has 2 heterocycles. The van der Waals surface area contributed by atoms with E-state index in [4.69, 9.17) is 4.74 Å². The van der Waals surface area contributed by atoms with E-state index in [-0.39, 0.29) is 24.5 Å². The molecule has 1 fully saturated rings. The van der Waals surface area contributed by atoms with Crippen molar-refractivity contribution in [2.45, 2.75) is 46.1 Å². The van der Waals surface area contributed by atoms with Crippen LogP contribution < -0.4 is 10.2 Å². The predicted octanol–water partition coefficient (Wildman–Crippen LogP) is 3.27. The SMILES string of the molecule is Cc1ccc(C)n1NC(=O)c1ccc(OCC(=O)N2CCCC[C@H]2C)cc1. The van der Waals surface area contributed by atoms with Crippen LogP contribution >= 0.6 is 0 Å². The van der Waals surface area contributed by atoms with Crippen molar-refractivity contribution in [2.24, 2.45) is 0 Å². The van der Waals surface area contributed by atoms with E-state index in [1.54, 1.807) is 28.9 Å². The number of carbonyl (C=O) groups is 2. The molecule has 0 bridgehead atoms. The minimum absolute atomic E-state index is 0.0163. The van der Waals surface area contributed by atoms with Crippen LogP contribution in [0.15, 0.2) is 36.4 Å². The van der Waals surface area contributed by atoms with Gasteiger partial charge >= 0.3 is 0 Å². The van der Waals surface area contributed by atoms with E-state index in [1.807, 2.05) is 30.9 Å². The highest BCUT2D eigenvalue weighted by atomic mass is 16.5. The second-order valence-corrected chi connectivity index (χ2v) is 7.14. The molecule has 1 aromatic carbocycles. The number of hydrogen-bond acceptors (Lipinski definition) is 3. The Hall–Kier alpha value is -2.76. The Morgan fingerprint density at radius 1 is 1.07 bits per heavy atom. The third-order valence-electron chi connectivity index (χ3n) is 5.09. The van der Waals surface area contributed by atoms with Crippen molar-refractivity contribution in [3.63, 3.8) is 0 Å². The number of ether oxygens (including phenoxy) is 1. The maximum absolute atomic E-state index is 12.4. The topological polar surface area (TPSA) is 63.6 Å². The van der Waals surface area contributed by atoms with Gasteiger partial charge in [-0.2, -0.15) is 0 Å². The zero-order chi connectivity index (χ0) is 19.4. The van der Waals surface area contributed by atoms with Gasteiger partial charge in [-0.05, 0) is 76.4 Å². The number of amides is 2. The fourth-order valence-corrected chi connectivity index (χ4v) is 3.41. The molecule has 0 unspecified atom stereocenters. The number of aromatic nitrogens is 1. The first-order chi connectivity index (χ1) is 13.0. The van der Waals surface area contributed by atoms with Crippen molar-refractivity contribution in [2.75, 3.05) is 18.6 Å². The molecule has 6 heteroatoms. The van der Waals surface area contributed by atoms with Crippen molar-refractivity contribution in [3.8, 4) is 5.75 Å². The summed E-state index contributed by atoms with van der Waals surface area (Å²) < 4.78 is 7.38. The van der Waals surface area contributed by atoms with Crippen LogP contribution in [0.5, 0.6) is 5.75 Å². The molecule has 2 aromatic rings. The molecular formula is C21H27N3O3. The monoisotopic (exact) mass is 369 g/mol. The minimum atomic E-state index is -0.192. The second kappa shape index (κ2) is 8.29. The van der Waals surface area contributed by atoms with Gasteiger partial charge in [0.2, 0.25) is 0 Å². The van der Waals surface area contributed by atoms with Gasteiger partial charge in [0.25, 0.3) is 11.8 Å². The quantitative estimate of drug-likeness (QED) is 0.880. The van der Waals surface area contributed by atoms with E-state index in [1.165, 1.54) is 6.42 Å². The molecule has 1 aliphatic heterocycles. The van der Waals surface area contributed by atoms with E-state index in [2.05, 4.69) is 12.3 Å². The summed E-state index contributed by atoms with van der Waals surface area (Å²) in [5.41, 5.74) is 5.33. The minimum Gasteiger partial charge on any atom is -0.484 e. The third kappa shape index (κ3) is 4.51. The van der Waals surface area contributed by atoms with E-state index in [0.717, 1.165) is 30.8 Å². The third-order valence-corrected chi connectivity index (χ3v) is 5.09. The molecule has 1 saturated heterocycles. The summed E-state index contributed by atoms with van der Waals surface area (Å²) in [6, 6.07) is 11.0. The highest BCUT2D eigenvalue weighted by Crippen LogP contribution is 2.18. The Labute approximate surface area is 160 Å².